The van der Waals surface area contributed by atoms with E-state index in [1.165, 1.54) is 0 Å². The van der Waals surface area contributed by atoms with E-state index < -0.39 is 0 Å². The third-order valence-electron chi connectivity index (χ3n) is 0.0962. The van der Waals surface area contributed by atoms with Gasteiger partial charge < -0.3 is 13.9 Å². The molecule has 0 saturated heterocycles. The average Bonchev–Trinajstić information content (AvgIpc) is 1.41. The van der Waals surface area contributed by atoms with E-state index in [9.17, 15) is 4.79 Å². The lowest BCUT2D eigenvalue weighted by Gasteiger charge is -1.67. The van der Waals surface area contributed by atoms with E-state index in [4.69, 9.17) is 1.34 Å². The Morgan fingerprint density at radius 3 is 3.25 bits per heavy atom. The summed E-state index contributed by atoms with van der Waals surface area (Å²) in [6, 6.07) is 0. The van der Waals surface area contributed by atoms with Crippen LogP contribution in [-0.2, 0) is 4.79 Å². The number of rotatable bonds is 2. The maximum absolute atomic E-state index is 9.25. The van der Waals surface area contributed by atoms with Crippen molar-refractivity contribution >= 4 is 14.1 Å². The van der Waals surface area contributed by atoms with Crippen molar-refractivity contribution < 1.29 is 4.79 Å². The fourth-order valence-electron chi connectivity index (χ4n) is 0. The molecule has 22 valence electrons. The maximum atomic E-state index is 9.25. The Kier molecular flexibility index (Phi) is 1.37. The van der Waals surface area contributed by atoms with Gasteiger partial charge >= 0.3 is 0 Å². The topological polar surface area (TPSA) is 17.1 Å². The molecule has 0 aromatic carbocycles. The second-order valence-electron chi connectivity index (χ2n) is 0.402. The van der Waals surface area contributed by atoms with Crippen LogP contribution < -0.4 is 0 Å². The molecule has 0 spiro atoms. The molecule has 0 saturated carbocycles. The van der Waals surface area contributed by atoms with Crippen molar-refractivity contribution in [2.75, 3.05) is 0 Å². The van der Waals surface area contributed by atoms with Gasteiger partial charge in [0.2, 0.25) is 0 Å². The maximum Gasteiger partial charge on any atom is 0.0792 e. The summed E-state index contributed by atoms with van der Waals surface area (Å²) in [5, 5.41) is 0. The van der Waals surface area contributed by atoms with Gasteiger partial charge in [-0.25, -0.2) is 0 Å². The molecule has 2 heteroatoms. The van der Waals surface area contributed by atoms with Crippen molar-refractivity contribution in [1.82, 2.24) is 0 Å². The first-order chi connectivity index (χ1) is 2.41. The van der Waals surface area contributed by atoms with Crippen molar-refractivity contribution in [2.45, 2.75) is 6.32 Å². The molecule has 0 aliphatic rings. The molecular weight excluding hydrogens is 50.8 g/mol. The van der Waals surface area contributed by atoms with Crippen LogP contribution in [0.4, 0.5) is 0 Å². The van der Waals surface area contributed by atoms with Crippen molar-refractivity contribution in [3.05, 3.63) is 0 Å². The lowest BCUT2D eigenvalue weighted by atomic mass is 10.1. The fourth-order valence-corrected chi connectivity index (χ4v) is 0. The first-order valence-electron chi connectivity index (χ1n) is 1.63. The zero-order valence-corrected chi connectivity index (χ0v) is 2.27. The normalized spacial score (nSPS) is 9.50. The minimum absolute atomic E-state index is 0.250. The summed E-state index contributed by atoms with van der Waals surface area (Å²) in [6.45, 7) is 0. The summed E-state index contributed by atoms with van der Waals surface area (Å²) in [5.41, 5.74) is 0. The Morgan fingerprint density at radius 1 is 2.50 bits per heavy atom. The van der Waals surface area contributed by atoms with Crippen LogP contribution in [0.2, 0.25) is 6.32 Å². The summed E-state index contributed by atoms with van der Waals surface area (Å²) in [7, 11) is 1.06. The molecular formula is C2H4BO-. The Labute approximate surface area is 27.8 Å². The lowest BCUT2D eigenvalue weighted by Crippen LogP contribution is -1.61. The van der Waals surface area contributed by atoms with Gasteiger partial charge in [0.05, 0.1) is 6.29 Å². The van der Waals surface area contributed by atoms with Gasteiger partial charge in [-0.05, 0) is 0 Å². The Hall–Kier alpha value is -0.265. The van der Waals surface area contributed by atoms with Crippen LogP contribution in [0.1, 0.15) is 0 Å². The lowest BCUT2D eigenvalue weighted by molar-refractivity contribution is -0.106. The zero-order chi connectivity index (χ0) is 4.12. The molecule has 0 amide bonds. The van der Waals surface area contributed by atoms with E-state index >= 15 is 0 Å². The van der Waals surface area contributed by atoms with Crippen LogP contribution in [0.25, 0.3) is 0 Å². The summed E-state index contributed by atoms with van der Waals surface area (Å²) in [6.07, 6.45) is 0.938. The molecule has 0 rings (SSSR count). The molecule has 0 aliphatic heterocycles. The first kappa shape index (κ1) is 2.00. The highest BCUT2D eigenvalue weighted by molar-refractivity contribution is 6.15. The molecule has 0 unspecified atom stereocenters. The molecule has 0 fully saturated rings. The monoisotopic (exact) mass is 56.0 g/mol. The van der Waals surface area contributed by atoms with Crippen LogP contribution in [0, 0.1) is 0 Å². The highest BCUT2D eigenvalue weighted by atomic mass is 16.1. The molecule has 4 heavy (non-hydrogen) atoms. The summed E-state index contributed by atoms with van der Waals surface area (Å²) >= 11 is 0. The molecule has 2 radical (unpaired) electrons. The standard InChI is InChI=1S/C2H4BO/c3-1-2-4/h2-3H,1H2/q-1/i3D. The van der Waals surface area contributed by atoms with Crippen LogP contribution in [0.3, 0.4) is 0 Å². The van der Waals surface area contributed by atoms with Gasteiger partial charge in [-0.1, -0.05) is 0 Å². The largest absolute Gasteiger partial charge is 0.350 e. The van der Waals surface area contributed by atoms with Crippen molar-refractivity contribution in [3.63, 3.8) is 0 Å². The third kappa shape index (κ3) is 1.73. The van der Waals surface area contributed by atoms with Crippen LogP contribution in [0.15, 0.2) is 0 Å². The third-order valence-corrected chi connectivity index (χ3v) is 0.0962. The number of hydrogen-bond acceptors (Lipinski definition) is 1. The molecule has 0 aliphatic carbocycles. The van der Waals surface area contributed by atoms with E-state index in [0.29, 0.717) is 6.29 Å². The smallest absolute Gasteiger partial charge is 0.0792 e. The van der Waals surface area contributed by atoms with E-state index in [2.05, 4.69) is 0 Å². The van der Waals surface area contributed by atoms with E-state index in [1.807, 2.05) is 0 Å². The van der Waals surface area contributed by atoms with Crippen molar-refractivity contribution in [3.8, 4) is 0 Å². The van der Waals surface area contributed by atoms with E-state index in [-0.39, 0.29) is 6.32 Å². The Balaban J connectivity index is 2.40. The second-order valence-corrected chi connectivity index (χ2v) is 0.402. The molecule has 0 heterocycles. The van der Waals surface area contributed by atoms with Gasteiger partial charge in [-0.2, -0.15) is 6.32 Å². The van der Waals surface area contributed by atoms with Gasteiger partial charge in [0, 0.05) is 0 Å². The fraction of sp³-hybridized carbons (Fsp3) is 0.500. The predicted octanol–water partition coefficient (Wildman–Crippen LogP) is -0.496. The van der Waals surface area contributed by atoms with Gasteiger partial charge in [0.15, 0.2) is 0 Å². The second kappa shape index (κ2) is 2.73. The number of carbonyl (C=O) groups excluding carboxylic acids is 1. The molecule has 0 aromatic rings. The molecule has 0 atom stereocenters. The Morgan fingerprint density at radius 2 is 3.25 bits per heavy atom. The number of aldehydes is 1. The van der Waals surface area contributed by atoms with Crippen LogP contribution in [-0.4, -0.2) is 15.4 Å². The van der Waals surface area contributed by atoms with Gasteiger partial charge in [-0.15, -0.1) is 0 Å². The van der Waals surface area contributed by atoms with Crippen LogP contribution in [0.5, 0.6) is 0 Å². The molecule has 0 N–H and O–H groups in total. The van der Waals surface area contributed by atoms with Gasteiger partial charge in [-0.3, -0.25) is 0 Å². The minimum atomic E-state index is 0.250. The minimum Gasteiger partial charge on any atom is -0.350 e. The number of hydrogen-bond donors (Lipinski definition) is 0. The van der Waals surface area contributed by atoms with E-state index in [0.717, 1.165) is 7.81 Å². The predicted molar refractivity (Wildman–Crippen MR) is 18.0 cm³/mol. The molecule has 0 aromatic heterocycles. The van der Waals surface area contributed by atoms with Crippen molar-refractivity contribution in [1.29, 1.82) is 1.34 Å². The van der Waals surface area contributed by atoms with Crippen molar-refractivity contribution in [2.24, 2.45) is 0 Å². The van der Waals surface area contributed by atoms with Crippen LogP contribution >= 0.6 is 0 Å². The highest BCUT2D eigenvalue weighted by Crippen LogP contribution is 1.46. The molecule has 1 nitrogen and oxygen atoms in total. The average molecular weight is 55.9 g/mol. The SMILES string of the molecule is [2H][B-]CC=O. The Bertz CT molecular complexity index is 30.8. The quantitative estimate of drug-likeness (QED) is 0.308. The summed E-state index contributed by atoms with van der Waals surface area (Å²) in [4.78, 5) is 9.25. The number of carbonyl (C=O) groups is 1. The first-order valence-corrected chi connectivity index (χ1v) is 1.05. The molecule has 0 bridgehead atoms. The van der Waals surface area contributed by atoms with Gasteiger partial charge in [0.25, 0.3) is 0 Å². The zero-order valence-electron chi connectivity index (χ0n) is 3.27. The van der Waals surface area contributed by atoms with E-state index in [1.54, 1.807) is 0 Å². The summed E-state index contributed by atoms with van der Waals surface area (Å²) in [5.74, 6) is 0. The summed E-state index contributed by atoms with van der Waals surface area (Å²) < 4.78 is 6.25. The highest BCUT2D eigenvalue weighted by Gasteiger charge is 1.38. The van der Waals surface area contributed by atoms with Gasteiger partial charge in [0.1, 0.15) is 0 Å².